The Morgan fingerprint density at radius 3 is 3.07 bits per heavy atom. The molecule has 0 saturated heterocycles. The van der Waals surface area contributed by atoms with Crippen LogP contribution in [0.15, 0.2) is 40.0 Å². The molecular formula is C11H12ClNO. The molecule has 0 spiro atoms. The Morgan fingerprint density at radius 2 is 2.36 bits per heavy atom. The first kappa shape index (κ1) is 9.69. The van der Waals surface area contributed by atoms with Crippen LogP contribution < -0.4 is 0 Å². The summed E-state index contributed by atoms with van der Waals surface area (Å²) >= 11 is 5.89. The molecule has 1 heterocycles. The molecule has 14 heavy (non-hydrogen) atoms. The molecule has 2 aliphatic rings. The minimum Gasteiger partial charge on any atom is -0.396 e. The molecular weight excluding hydrogens is 198 g/mol. The van der Waals surface area contributed by atoms with Crippen molar-refractivity contribution in [3.63, 3.8) is 0 Å². The molecule has 1 N–H and O–H groups in total. The van der Waals surface area contributed by atoms with Gasteiger partial charge < -0.3 is 5.11 Å². The van der Waals surface area contributed by atoms with Crippen molar-refractivity contribution in [1.29, 1.82) is 0 Å². The van der Waals surface area contributed by atoms with E-state index in [-0.39, 0.29) is 12.0 Å². The number of fused-ring (bicyclic) bond motifs is 1. The van der Waals surface area contributed by atoms with E-state index in [1.54, 1.807) is 0 Å². The molecule has 2 nitrogen and oxygen atoms in total. The van der Waals surface area contributed by atoms with Gasteiger partial charge in [0.2, 0.25) is 0 Å². The molecule has 0 radical (unpaired) electrons. The van der Waals surface area contributed by atoms with E-state index in [1.165, 1.54) is 0 Å². The highest BCUT2D eigenvalue weighted by atomic mass is 35.5. The number of aliphatic hydroxyl groups excluding tert-OH is 1. The molecule has 0 fully saturated rings. The quantitative estimate of drug-likeness (QED) is 0.745. The molecule has 2 rings (SSSR count). The Hall–Kier alpha value is -0.860. The van der Waals surface area contributed by atoms with E-state index in [0.717, 1.165) is 11.3 Å². The number of hydrogen-bond donors (Lipinski definition) is 1. The number of halogens is 1. The Morgan fingerprint density at radius 1 is 1.57 bits per heavy atom. The summed E-state index contributed by atoms with van der Waals surface area (Å²) in [5.74, 6) is 0. The second-order valence-corrected chi connectivity index (χ2v) is 4.14. The summed E-state index contributed by atoms with van der Waals surface area (Å²) in [5, 5.41) is 9.63. The summed E-state index contributed by atoms with van der Waals surface area (Å²) in [7, 11) is 0. The van der Waals surface area contributed by atoms with Gasteiger partial charge in [-0.3, -0.25) is 4.99 Å². The average molecular weight is 210 g/mol. The maximum Gasteiger partial charge on any atom is 0.0556 e. The van der Waals surface area contributed by atoms with Gasteiger partial charge in [0.15, 0.2) is 0 Å². The molecule has 3 heteroatoms. The number of nitrogens with zero attached hydrogens (tertiary/aromatic N) is 1. The van der Waals surface area contributed by atoms with Crippen LogP contribution in [0.3, 0.4) is 0 Å². The first-order chi connectivity index (χ1) is 6.66. The molecule has 1 aliphatic heterocycles. The number of hydrogen-bond acceptors (Lipinski definition) is 2. The van der Waals surface area contributed by atoms with Crippen LogP contribution in [0.5, 0.6) is 0 Å². The minimum atomic E-state index is -0.152. The molecule has 1 aliphatic carbocycles. The molecule has 0 amide bonds. The van der Waals surface area contributed by atoms with Crippen LogP contribution in [0.4, 0.5) is 0 Å². The first-order valence-corrected chi connectivity index (χ1v) is 5.00. The van der Waals surface area contributed by atoms with E-state index >= 15 is 0 Å². The molecule has 1 unspecified atom stereocenters. The highest BCUT2D eigenvalue weighted by Gasteiger charge is 2.35. The van der Waals surface area contributed by atoms with Crippen molar-refractivity contribution < 1.29 is 5.11 Å². The summed E-state index contributed by atoms with van der Waals surface area (Å²) in [6.45, 7) is 2.26. The van der Waals surface area contributed by atoms with Gasteiger partial charge in [0.1, 0.15) is 0 Å². The van der Waals surface area contributed by atoms with Gasteiger partial charge in [-0.1, -0.05) is 17.7 Å². The number of aliphatic imine (C=N–C) groups is 1. The van der Waals surface area contributed by atoms with Crippen molar-refractivity contribution in [2.24, 2.45) is 10.4 Å². The van der Waals surface area contributed by atoms with Crippen molar-refractivity contribution >= 4 is 17.3 Å². The third-order valence-corrected chi connectivity index (χ3v) is 3.03. The van der Waals surface area contributed by atoms with Crippen LogP contribution in [-0.2, 0) is 0 Å². The Balaban J connectivity index is 2.32. The van der Waals surface area contributed by atoms with Gasteiger partial charge in [0.05, 0.1) is 11.1 Å². The van der Waals surface area contributed by atoms with Crippen LogP contribution in [0.1, 0.15) is 13.3 Å². The summed E-state index contributed by atoms with van der Waals surface area (Å²) in [5.41, 5.74) is 1.96. The van der Waals surface area contributed by atoms with Crippen LogP contribution >= 0.6 is 11.6 Å². The lowest BCUT2D eigenvalue weighted by atomic mass is 9.76. The summed E-state index contributed by atoms with van der Waals surface area (Å²) in [6.07, 6.45) is 8.31. The SMILES string of the molecule is CC12C=CC(Cl)=CC1=NC=C2CCO. The molecule has 0 aromatic rings. The smallest absolute Gasteiger partial charge is 0.0556 e. The zero-order valence-corrected chi connectivity index (χ0v) is 8.75. The lowest BCUT2D eigenvalue weighted by Crippen LogP contribution is -2.25. The zero-order chi connectivity index (χ0) is 10.2. The van der Waals surface area contributed by atoms with E-state index in [9.17, 15) is 0 Å². The van der Waals surface area contributed by atoms with Crippen LogP contribution in [0.25, 0.3) is 0 Å². The highest BCUT2D eigenvalue weighted by Crippen LogP contribution is 2.40. The van der Waals surface area contributed by atoms with Gasteiger partial charge in [-0.2, -0.15) is 0 Å². The van der Waals surface area contributed by atoms with E-state index in [2.05, 4.69) is 11.9 Å². The van der Waals surface area contributed by atoms with Gasteiger partial charge in [-0.25, -0.2) is 0 Å². The van der Waals surface area contributed by atoms with E-state index in [0.29, 0.717) is 11.5 Å². The van der Waals surface area contributed by atoms with E-state index in [1.807, 2.05) is 24.4 Å². The Labute approximate surface area is 88.3 Å². The average Bonchev–Trinajstić information content (AvgIpc) is 2.46. The maximum absolute atomic E-state index is 8.93. The molecule has 1 atom stereocenters. The number of allylic oxidation sites excluding steroid dienone is 4. The topological polar surface area (TPSA) is 32.6 Å². The number of aliphatic hydroxyl groups is 1. The molecule has 0 aromatic heterocycles. The monoisotopic (exact) mass is 209 g/mol. The van der Waals surface area contributed by atoms with Crippen LogP contribution in [-0.4, -0.2) is 17.4 Å². The molecule has 0 bridgehead atoms. The van der Waals surface area contributed by atoms with Crippen molar-refractivity contribution in [3.05, 3.63) is 35.0 Å². The van der Waals surface area contributed by atoms with E-state index < -0.39 is 0 Å². The first-order valence-electron chi connectivity index (χ1n) is 4.62. The van der Waals surface area contributed by atoms with Gasteiger partial charge >= 0.3 is 0 Å². The number of rotatable bonds is 2. The predicted molar refractivity (Wildman–Crippen MR) is 58.4 cm³/mol. The van der Waals surface area contributed by atoms with Gasteiger partial charge in [-0.15, -0.1) is 0 Å². The van der Waals surface area contributed by atoms with E-state index in [4.69, 9.17) is 16.7 Å². The lowest BCUT2D eigenvalue weighted by molar-refractivity contribution is 0.294. The summed E-state index contributed by atoms with van der Waals surface area (Å²) in [4.78, 5) is 4.31. The van der Waals surface area contributed by atoms with Crippen molar-refractivity contribution in [3.8, 4) is 0 Å². The van der Waals surface area contributed by atoms with Crippen molar-refractivity contribution in [2.45, 2.75) is 13.3 Å². The Bertz CT molecular complexity index is 379. The largest absolute Gasteiger partial charge is 0.396 e. The van der Waals surface area contributed by atoms with Gasteiger partial charge in [0, 0.05) is 17.8 Å². The third kappa shape index (κ3) is 1.35. The molecule has 74 valence electrons. The minimum absolute atomic E-state index is 0.152. The van der Waals surface area contributed by atoms with Crippen molar-refractivity contribution in [2.75, 3.05) is 6.61 Å². The Kier molecular flexibility index (Phi) is 2.33. The second kappa shape index (κ2) is 3.37. The highest BCUT2D eigenvalue weighted by molar-refractivity contribution is 6.34. The fourth-order valence-electron chi connectivity index (χ4n) is 1.83. The van der Waals surface area contributed by atoms with Gasteiger partial charge in [0.25, 0.3) is 0 Å². The lowest BCUT2D eigenvalue weighted by Gasteiger charge is -2.27. The van der Waals surface area contributed by atoms with Gasteiger partial charge in [-0.05, 0) is 31.1 Å². The summed E-state index contributed by atoms with van der Waals surface area (Å²) in [6, 6.07) is 0. The predicted octanol–water partition coefficient (Wildman–Crippen LogP) is 2.41. The fourth-order valence-corrected chi connectivity index (χ4v) is 2.00. The standard InChI is InChI=1S/C11H12ClNO/c1-11-4-2-9(12)6-10(11)13-7-8(11)3-5-14/h2,4,6-7,14H,3,5H2,1H3. The maximum atomic E-state index is 8.93. The van der Waals surface area contributed by atoms with Crippen LogP contribution in [0, 0.1) is 5.41 Å². The molecule has 0 aromatic carbocycles. The zero-order valence-electron chi connectivity index (χ0n) is 8.00. The normalized spacial score (nSPS) is 29.5. The fraction of sp³-hybridized carbons (Fsp3) is 0.364. The van der Waals surface area contributed by atoms with Crippen molar-refractivity contribution in [1.82, 2.24) is 0 Å². The summed E-state index contributed by atoms with van der Waals surface area (Å²) < 4.78 is 0. The third-order valence-electron chi connectivity index (χ3n) is 2.79. The molecule has 0 saturated carbocycles. The second-order valence-electron chi connectivity index (χ2n) is 3.71. The van der Waals surface area contributed by atoms with Crippen LogP contribution in [0.2, 0.25) is 0 Å².